The molecule has 1 unspecified atom stereocenters. The van der Waals surface area contributed by atoms with Crippen LogP contribution < -0.4 is 15.1 Å². The predicted molar refractivity (Wildman–Crippen MR) is 139 cm³/mol. The van der Waals surface area contributed by atoms with E-state index < -0.39 is 18.0 Å². The minimum Gasteiger partial charge on any atom is -0.356 e. The van der Waals surface area contributed by atoms with E-state index in [1.54, 1.807) is 23.1 Å². The number of nitriles is 1. The van der Waals surface area contributed by atoms with Crippen molar-refractivity contribution in [2.45, 2.75) is 44.3 Å². The number of nitrogens with one attached hydrogen (secondary N) is 1. The molecular weight excluding hydrogens is 495 g/mol. The van der Waals surface area contributed by atoms with Crippen molar-refractivity contribution in [3.8, 4) is 6.07 Å². The SMILES string of the molecule is CN(C)CC1CCN(c2cc(N3CCCC3C(=O)NCCc3ccc(C#N)cc3)nc(C(F)(F)F)n2)CC1. The van der Waals surface area contributed by atoms with Crippen LogP contribution in [0.5, 0.6) is 0 Å². The molecule has 0 saturated carbocycles. The summed E-state index contributed by atoms with van der Waals surface area (Å²) in [4.78, 5) is 26.5. The number of piperidine rings is 1. The van der Waals surface area contributed by atoms with Crippen molar-refractivity contribution in [1.82, 2.24) is 20.2 Å². The number of anilines is 2. The van der Waals surface area contributed by atoms with Crippen LogP contribution in [0, 0.1) is 17.2 Å². The molecule has 1 aromatic heterocycles. The summed E-state index contributed by atoms with van der Waals surface area (Å²) in [6.45, 7) is 3.05. The van der Waals surface area contributed by atoms with E-state index in [1.807, 2.05) is 31.1 Å². The molecule has 2 saturated heterocycles. The topological polar surface area (TPSA) is 88.4 Å². The Morgan fingerprint density at radius 2 is 1.79 bits per heavy atom. The molecule has 204 valence electrons. The second-order valence-electron chi connectivity index (χ2n) is 10.3. The highest BCUT2D eigenvalue weighted by Crippen LogP contribution is 2.34. The smallest absolute Gasteiger partial charge is 0.356 e. The van der Waals surface area contributed by atoms with Crippen LogP contribution in [0.2, 0.25) is 0 Å². The summed E-state index contributed by atoms with van der Waals surface area (Å²) >= 11 is 0. The summed E-state index contributed by atoms with van der Waals surface area (Å²) in [5, 5.41) is 11.8. The number of halogens is 3. The van der Waals surface area contributed by atoms with E-state index in [1.165, 1.54) is 0 Å². The van der Waals surface area contributed by atoms with Gasteiger partial charge in [0.05, 0.1) is 11.6 Å². The zero-order chi connectivity index (χ0) is 27.3. The lowest BCUT2D eigenvalue weighted by atomic mass is 9.96. The normalized spacial score (nSPS) is 18.6. The summed E-state index contributed by atoms with van der Waals surface area (Å²) in [5.41, 5.74) is 1.55. The minimum atomic E-state index is -4.69. The van der Waals surface area contributed by atoms with E-state index in [0.29, 0.717) is 56.9 Å². The maximum atomic E-state index is 13.8. The summed E-state index contributed by atoms with van der Waals surface area (Å²) < 4.78 is 41.3. The van der Waals surface area contributed by atoms with Crippen LogP contribution in [0.1, 0.15) is 42.6 Å². The first kappa shape index (κ1) is 27.6. The number of carbonyl (C=O) groups excluding carboxylic acids is 1. The van der Waals surface area contributed by atoms with Crippen LogP contribution in [0.25, 0.3) is 0 Å². The van der Waals surface area contributed by atoms with Gasteiger partial charge in [-0.15, -0.1) is 0 Å². The lowest BCUT2D eigenvalue weighted by Crippen LogP contribution is -2.44. The number of rotatable bonds is 8. The van der Waals surface area contributed by atoms with Crippen LogP contribution in [0.15, 0.2) is 30.3 Å². The van der Waals surface area contributed by atoms with Crippen LogP contribution >= 0.6 is 0 Å². The zero-order valence-electron chi connectivity index (χ0n) is 21.8. The number of hydrogen-bond donors (Lipinski definition) is 1. The van der Waals surface area contributed by atoms with Gasteiger partial charge in [-0.25, -0.2) is 9.97 Å². The molecule has 0 spiro atoms. The Labute approximate surface area is 221 Å². The molecule has 1 atom stereocenters. The second-order valence-corrected chi connectivity index (χ2v) is 10.3. The molecule has 1 amide bonds. The monoisotopic (exact) mass is 529 g/mol. The third-order valence-corrected chi connectivity index (χ3v) is 7.16. The molecule has 0 bridgehead atoms. The average Bonchev–Trinajstić information content (AvgIpc) is 3.39. The van der Waals surface area contributed by atoms with Crippen LogP contribution in [0.4, 0.5) is 24.8 Å². The van der Waals surface area contributed by atoms with Crippen molar-refractivity contribution in [3.05, 3.63) is 47.3 Å². The van der Waals surface area contributed by atoms with Gasteiger partial charge in [0.25, 0.3) is 0 Å². The largest absolute Gasteiger partial charge is 0.451 e. The molecule has 4 rings (SSSR count). The van der Waals surface area contributed by atoms with Crippen molar-refractivity contribution >= 4 is 17.5 Å². The van der Waals surface area contributed by atoms with Gasteiger partial charge >= 0.3 is 6.18 Å². The number of benzene rings is 1. The van der Waals surface area contributed by atoms with Crippen LogP contribution in [-0.2, 0) is 17.4 Å². The van der Waals surface area contributed by atoms with Crippen LogP contribution in [0.3, 0.4) is 0 Å². The van der Waals surface area contributed by atoms with Gasteiger partial charge in [-0.2, -0.15) is 18.4 Å². The Bertz CT molecular complexity index is 1140. The Kier molecular flexibility index (Phi) is 8.72. The first-order chi connectivity index (χ1) is 18.1. The van der Waals surface area contributed by atoms with E-state index in [-0.39, 0.29) is 17.5 Å². The molecule has 2 aromatic rings. The molecule has 1 N–H and O–H groups in total. The van der Waals surface area contributed by atoms with Gasteiger partial charge in [-0.3, -0.25) is 4.79 Å². The van der Waals surface area contributed by atoms with Crippen molar-refractivity contribution in [1.29, 1.82) is 5.26 Å². The summed E-state index contributed by atoms with van der Waals surface area (Å²) in [6, 6.07) is 10.2. The molecule has 0 radical (unpaired) electrons. The fourth-order valence-corrected chi connectivity index (χ4v) is 5.23. The van der Waals surface area contributed by atoms with Crippen molar-refractivity contribution in [2.75, 3.05) is 56.6 Å². The quantitative estimate of drug-likeness (QED) is 0.560. The molecule has 2 aliphatic heterocycles. The van der Waals surface area contributed by atoms with E-state index in [2.05, 4.69) is 26.3 Å². The van der Waals surface area contributed by atoms with Crippen molar-refractivity contribution < 1.29 is 18.0 Å². The van der Waals surface area contributed by atoms with Crippen molar-refractivity contribution in [2.24, 2.45) is 5.92 Å². The standard InChI is InChI=1S/C27H34F3N7O/c1-35(2)18-21-10-14-36(15-11-21)23-16-24(34-26(33-23)27(28,29)30)37-13-3-4-22(37)25(38)32-12-9-19-5-7-20(17-31)8-6-19/h5-8,16,21-22H,3-4,9-15,18H2,1-2H3,(H,32,38). The molecular formula is C27H34F3N7O. The number of carbonyl (C=O) groups is 1. The highest BCUT2D eigenvalue weighted by Gasteiger charge is 2.38. The van der Waals surface area contributed by atoms with Gasteiger partial charge in [-0.1, -0.05) is 12.1 Å². The van der Waals surface area contributed by atoms with E-state index in [9.17, 15) is 18.0 Å². The third-order valence-electron chi connectivity index (χ3n) is 7.16. The first-order valence-electron chi connectivity index (χ1n) is 13.0. The molecule has 11 heteroatoms. The summed E-state index contributed by atoms with van der Waals surface area (Å²) in [7, 11) is 4.04. The second kappa shape index (κ2) is 12.0. The summed E-state index contributed by atoms with van der Waals surface area (Å²) in [6.07, 6.45) is -1.11. The Morgan fingerprint density at radius 1 is 1.11 bits per heavy atom. The van der Waals surface area contributed by atoms with E-state index >= 15 is 0 Å². The Hall–Kier alpha value is -3.39. The molecule has 2 fully saturated rings. The maximum absolute atomic E-state index is 13.8. The Morgan fingerprint density at radius 3 is 2.42 bits per heavy atom. The van der Waals surface area contributed by atoms with Crippen molar-refractivity contribution in [3.63, 3.8) is 0 Å². The number of amides is 1. The number of hydrogen-bond acceptors (Lipinski definition) is 7. The Balaban J connectivity index is 1.45. The molecule has 2 aliphatic rings. The van der Waals surface area contributed by atoms with Gasteiger partial charge in [0.1, 0.15) is 17.7 Å². The molecule has 3 heterocycles. The number of nitrogens with zero attached hydrogens (tertiary/aromatic N) is 6. The predicted octanol–water partition coefficient (Wildman–Crippen LogP) is 3.47. The maximum Gasteiger partial charge on any atom is 0.451 e. The van der Waals surface area contributed by atoms with Gasteiger partial charge in [0, 0.05) is 38.8 Å². The molecule has 38 heavy (non-hydrogen) atoms. The first-order valence-corrected chi connectivity index (χ1v) is 13.0. The lowest BCUT2D eigenvalue weighted by Gasteiger charge is -2.34. The van der Waals surface area contributed by atoms with Gasteiger partial charge in [0.15, 0.2) is 0 Å². The molecule has 0 aliphatic carbocycles. The van der Waals surface area contributed by atoms with E-state index in [0.717, 1.165) is 24.9 Å². The zero-order valence-corrected chi connectivity index (χ0v) is 21.8. The van der Waals surface area contributed by atoms with Gasteiger partial charge in [-0.05, 0) is 69.8 Å². The average molecular weight is 530 g/mol. The summed E-state index contributed by atoms with van der Waals surface area (Å²) in [5.74, 6) is -0.498. The van der Waals surface area contributed by atoms with E-state index in [4.69, 9.17) is 5.26 Å². The highest BCUT2D eigenvalue weighted by atomic mass is 19.4. The minimum absolute atomic E-state index is 0.141. The fourth-order valence-electron chi connectivity index (χ4n) is 5.23. The third kappa shape index (κ3) is 6.92. The van der Waals surface area contributed by atoms with Gasteiger partial charge in [0.2, 0.25) is 11.7 Å². The fraction of sp³-hybridized carbons (Fsp3) is 0.556. The number of aromatic nitrogens is 2. The number of alkyl halides is 3. The molecule has 8 nitrogen and oxygen atoms in total. The van der Waals surface area contributed by atoms with Crippen LogP contribution in [-0.4, -0.2) is 73.6 Å². The highest BCUT2D eigenvalue weighted by molar-refractivity contribution is 5.85. The lowest BCUT2D eigenvalue weighted by molar-refractivity contribution is -0.144. The van der Waals surface area contributed by atoms with Gasteiger partial charge < -0.3 is 20.0 Å². The molecule has 1 aromatic carbocycles.